The van der Waals surface area contributed by atoms with Crippen LogP contribution in [0.15, 0.2) is 57.8 Å². The lowest BCUT2D eigenvalue weighted by Gasteiger charge is -2.34. The molecule has 2 heterocycles. The van der Waals surface area contributed by atoms with E-state index >= 15 is 0 Å². The first-order valence-corrected chi connectivity index (χ1v) is 16.5. The van der Waals surface area contributed by atoms with Gasteiger partial charge in [-0.05, 0) is 61.2 Å². The second kappa shape index (κ2) is 12.4. The van der Waals surface area contributed by atoms with E-state index in [4.69, 9.17) is 0 Å². The number of benzene rings is 2. The Balaban J connectivity index is 1.43. The second-order valence-corrected chi connectivity index (χ2v) is 14.5. The molecule has 1 saturated heterocycles. The average Bonchev–Trinajstić information content (AvgIpc) is 3.29. The number of alkyl halides is 10. The topological polar surface area (TPSA) is 125 Å². The van der Waals surface area contributed by atoms with Crippen LogP contribution in [0.4, 0.5) is 43.9 Å². The Morgan fingerprint density at radius 3 is 2.12 bits per heavy atom. The van der Waals surface area contributed by atoms with Crippen molar-refractivity contribution in [3.05, 3.63) is 70.1 Å². The van der Waals surface area contributed by atoms with Gasteiger partial charge in [0.15, 0.2) is 0 Å². The van der Waals surface area contributed by atoms with Crippen molar-refractivity contribution < 1.29 is 65.5 Å². The van der Waals surface area contributed by atoms with Gasteiger partial charge in [0, 0.05) is 24.1 Å². The van der Waals surface area contributed by atoms with Crippen molar-refractivity contribution in [1.82, 2.24) is 14.3 Å². The second-order valence-electron chi connectivity index (χ2n) is 10.9. The van der Waals surface area contributed by atoms with Gasteiger partial charge < -0.3 is 5.32 Å². The molecule has 2 N–H and O–H groups in total. The lowest BCUT2D eigenvalue weighted by molar-refractivity contribution is -0.352. The molecule has 2 aromatic carbocycles. The summed E-state index contributed by atoms with van der Waals surface area (Å²) in [6.07, 6.45) is -10.4. The number of halogens is 10. The lowest BCUT2D eigenvalue weighted by atomic mass is 9.89. The number of nitrogens with one attached hydrogen (secondary N) is 2. The number of nitrogens with zero attached hydrogens (tertiary/aromatic N) is 2. The van der Waals surface area contributed by atoms with E-state index < -0.39 is 72.7 Å². The highest BCUT2D eigenvalue weighted by atomic mass is 32.2. The molecule has 0 bridgehead atoms. The van der Waals surface area contributed by atoms with E-state index in [-0.39, 0.29) is 48.5 Å². The van der Waals surface area contributed by atoms with E-state index in [0.717, 1.165) is 56.9 Å². The van der Waals surface area contributed by atoms with Crippen LogP contribution in [0, 0.1) is 6.92 Å². The molecule has 2 aliphatic rings. The molecule has 1 spiro atoms. The SMILES string of the molecule is Cc1cc(S(=O)(=O)NCC(F)(F)C(F)(F)C(F)(F)F)ccc1/C=C/S(=O)(=O)N1CCC2(CC1)N=C(c1cccc(C(F)(F)F)c1)NC2=O. The zero-order valence-electron chi connectivity index (χ0n) is 24.3. The molecule has 2 aromatic rings. The van der Waals surface area contributed by atoms with Gasteiger partial charge in [-0.25, -0.2) is 21.6 Å². The first kappa shape index (κ1) is 37.3. The summed E-state index contributed by atoms with van der Waals surface area (Å²) in [7, 11) is -9.19. The van der Waals surface area contributed by atoms with Crippen molar-refractivity contribution in [2.24, 2.45) is 4.99 Å². The Hall–Kier alpha value is -3.56. The minimum atomic E-state index is -6.65. The fraction of sp³-hybridized carbons (Fsp3) is 0.407. The molecule has 0 atom stereocenters. The van der Waals surface area contributed by atoms with Crippen molar-refractivity contribution in [3.63, 3.8) is 0 Å². The summed E-state index contributed by atoms with van der Waals surface area (Å²) >= 11 is 0. The number of carbonyl (C=O) groups is 1. The Kier molecular flexibility index (Phi) is 9.62. The summed E-state index contributed by atoms with van der Waals surface area (Å²) in [4.78, 5) is 16.3. The first-order chi connectivity index (χ1) is 21.8. The standard InChI is InChI=1S/C27H24F10N4O5S2/c1-16-13-20(48(45,46)38-15-24(28,29)26(33,34)27(35,36)37)6-5-17(16)7-12-47(43,44)41-10-8-23(9-11-41)22(42)39-21(40-23)18-3-2-4-19(14-18)25(30,31)32/h2-7,12-14,38H,8-11,15H2,1H3,(H,39,40,42)/b12-7+. The van der Waals surface area contributed by atoms with Gasteiger partial charge in [-0.15, -0.1) is 0 Å². The molecule has 0 unspecified atom stereocenters. The number of hydrogen-bond donors (Lipinski definition) is 2. The largest absolute Gasteiger partial charge is 0.459 e. The average molecular weight is 739 g/mol. The van der Waals surface area contributed by atoms with E-state index in [1.807, 2.05) is 0 Å². The molecule has 9 nitrogen and oxygen atoms in total. The van der Waals surface area contributed by atoms with Crippen LogP contribution in [0.1, 0.15) is 35.1 Å². The monoisotopic (exact) mass is 738 g/mol. The number of aliphatic imine (C=N–C) groups is 1. The maximum atomic E-state index is 13.6. The number of amidine groups is 1. The van der Waals surface area contributed by atoms with Gasteiger partial charge in [0.1, 0.15) is 11.4 Å². The van der Waals surface area contributed by atoms with Gasteiger partial charge in [-0.2, -0.15) is 48.2 Å². The molecule has 264 valence electrons. The fourth-order valence-electron chi connectivity index (χ4n) is 4.78. The van der Waals surface area contributed by atoms with Crippen molar-refractivity contribution in [2.45, 2.75) is 54.4 Å². The first-order valence-electron chi connectivity index (χ1n) is 13.5. The van der Waals surface area contributed by atoms with Crippen molar-refractivity contribution in [2.75, 3.05) is 19.6 Å². The minimum absolute atomic E-state index is 0.0129. The summed E-state index contributed by atoms with van der Waals surface area (Å²) in [5.41, 5.74) is -2.21. The van der Waals surface area contributed by atoms with Crippen LogP contribution in [-0.2, 0) is 31.0 Å². The molecule has 2 aliphatic heterocycles. The van der Waals surface area contributed by atoms with E-state index in [0.29, 0.717) is 0 Å². The Morgan fingerprint density at radius 1 is 0.938 bits per heavy atom. The van der Waals surface area contributed by atoms with Crippen LogP contribution in [0.2, 0.25) is 0 Å². The van der Waals surface area contributed by atoms with Gasteiger partial charge in [-0.3, -0.25) is 9.79 Å². The summed E-state index contributed by atoms with van der Waals surface area (Å²) in [5, 5.41) is 3.21. The molecule has 21 heteroatoms. The smallest absolute Gasteiger partial charge is 0.308 e. The van der Waals surface area contributed by atoms with Crippen molar-refractivity contribution >= 4 is 37.9 Å². The van der Waals surface area contributed by atoms with E-state index in [1.54, 1.807) is 0 Å². The van der Waals surface area contributed by atoms with E-state index in [9.17, 15) is 65.5 Å². The van der Waals surface area contributed by atoms with Gasteiger partial charge in [0.25, 0.3) is 5.91 Å². The van der Waals surface area contributed by atoms with Crippen molar-refractivity contribution in [3.8, 4) is 0 Å². The molecule has 1 fully saturated rings. The number of rotatable bonds is 9. The molecule has 48 heavy (non-hydrogen) atoms. The molecule has 0 saturated carbocycles. The summed E-state index contributed by atoms with van der Waals surface area (Å²) < 4.78 is 182. The van der Waals surface area contributed by atoms with Crippen LogP contribution in [0.25, 0.3) is 6.08 Å². The zero-order valence-corrected chi connectivity index (χ0v) is 25.9. The van der Waals surface area contributed by atoms with Gasteiger partial charge >= 0.3 is 24.2 Å². The lowest BCUT2D eigenvalue weighted by Crippen LogP contribution is -2.56. The molecule has 0 aromatic heterocycles. The van der Waals surface area contributed by atoms with Crippen molar-refractivity contribution in [1.29, 1.82) is 0 Å². The number of piperidine rings is 1. The third kappa shape index (κ3) is 7.37. The Bertz CT molecular complexity index is 1870. The highest BCUT2D eigenvalue weighted by molar-refractivity contribution is 7.92. The number of hydrogen-bond acceptors (Lipinski definition) is 6. The number of aryl methyl sites for hydroxylation is 1. The van der Waals surface area contributed by atoms with Crippen LogP contribution in [0.3, 0.4) is 0 Å². The zero-order chi connectivity index (χ0) is 36.1. The van der Waals surface area contributed by atoms with Crippen LogP contribution in [-0.4, -0.2) is 76.1 Å². The van der Waals surface area contributed by atoms with Gasteiger partial charge in [-0.1, -0.05) is 18.2 Å². The van der Waals surface area contributed by atoms with Crippen LogP contribution in [0.5, 0.6) is 0 Å². The normalized spacial score (nSPS) is 18.4. The maximum absolute atomic E-state index is 13.6. The maximum Gasteiger partial charge on any atom is 0.459 e. The fourth-order valence-corrected chi connectivity index (χ4v) is 7.08. The predicted molar refractivity (Wildman–Crippen MR) is 150 cm³/mol. The van der Waals surface area contributed by atoms with Crippen LogP contribution < -0.4 is 10.0 Å². The highest BCUT2D eigenvalue weighted by Crippen LogP contribution is 2.46. The van der Waals surface area contributed by atoms with Gasteiger partial charge in [0.2, 0.25) is 20.0 Å². The Labute approximate surface area is 266 Å². The summed E-state index contributed by atoms with van der Waals surface area (Å²) in [6.45, 7) is -1.71. The van der Waals surface area contributed by atoms with Gasteiger partial charge in [0.05, 0.1) is 17.0 Å². The summed E-state index contributed by atoms with van der Waals surface area (Å²) in [6, 6.07) is 6.82. The molecule has 1 amide bonds. The molecular formula is C27H24F10N4O5S2. The molecule has 0 radical (unpaired) electrons. The number of carbonyl (C=O) groups excluding carboxylic acids is 1. The molecular weight excluding hydrogens is 714 g/mol. The number of amides is 1. The molecule has 4 rings (SSSR count). The Morgan fingerprint density at radius 2 is 1.56 bits per heavy atom. The third-order valence-corrected chi connectivity index (χ3v) is 10.6. The van der Waals surface area contributed by atoms with E-state index in [1.165, 1.54) is 13.0 Å². The third-order valence-electron chi connectivity index (χ3n) is 7.62. The predicted octanol–water partition coefficient (Wildman–Crippen LogP) is 4.84. The highest BCUT2D eigenvalue weighted by Gasteiger charge is 2.72. The minimum Gasteiger partial charge on any atom is -0.308 e. The van der Waals surface area contributed by atoms with Crippen LogP contribution >= 0.6 is 0 Å². The summed E-state index contributed by atoms with van der Waals surface area (Å²) in [5.74, 6) is -13.1. The quantitative estimate of drug-likeness (QED) is 0.357. The van der Waals surface area contributed by atoms with E-state index in [2.05, 4.69) is 10.3 Å². The number of sulfonamides is 2. The molecule has 0 aliphatic carbocycles.